The number of amides is 2. The summed E-state index contributed by atoms with van der Waals surface area (Å²) in [7, 11) is 0. The van der Waals surface area contributed by atoms with Gasteiger partial charge in [0.15, 0.2) is 0 Å². The van der Waals surface area contributed by atoms with E-state index in [1.54, 1.807) is 30.3 Å². The largest absolute Gasteiger partial charge is 0.493 e. The Labute approximate surface area is 149 Å². The van der Waals surface area contributed by atoms with Crippen molar-refractivity contribution < 1.29 is 14.6 Å². The van der Waals surface area contributed by atoms with Crippen molar-refractivity contribution in [2.24, 2.45) is 0 Å². The highest BCUT2D eigenvalue weighted by Crippen LogP contribution is 2.36. The van der Waals surface area contributed by atoms with Crippen LogP contribution in [0.25, 0.3) is 0 Å². The van der Waals surface area contributed by atoms with Crippen molar-refractivity contribution in [2.75, 3.05) is 18.5 Å². The second kappa shape index (κ2) is 6.89. The molecule has 0 saturated heterocycles. The first-order valence-electron chi connectivity index (χ1n) is 7.42. The van der Waals surface area contributed by atoms with Gasteiger partial charge in [-0.05, 0) is 24.3 Å². The van der Waals surface area contributed by atoms with Crippen LogP contribution in [-0.4, -0.2) is 24.3 Å². The van der Waals surface area contributed by atoms with Crippen LogP contribution in [-0.2, 0) is 5.60 Å². The molecule has 2 aromatic rings. The molecule has 5 nitrogen and oxygen atoms in total. The number of halogens is 2. The fourth-order valence-electron chi connectivity index (χ4n) is 2.60. The fraction of sp³-hybridized carbons (Fsp3) is 0.235. The molecule has 1 aliphatic rings. The number of fused-ring (bicyclic) bond motifs is 1. The predicted molar refractivity (Wildman–Crippen MR) is 93.9 cm³/mol. The van der Waals surface area contributed by atoms with Crippen molar-refractivity contribution in [3.05, 3.63) is 58.1 Å². The third-order valence-electron chi connectivity index (χ3n) is 3.88. The lowest BCUT2D eigenvalue weighted by molar-refractivity contribution is 0.000398. The second-order valence-electron chi connectivity index (χ2n) is 5.56. The zero-order valence-corrected chi connectivity index (χ0v) is 14.2. The van der Waals surface area contributed by atoms with E-state index in [9.17, 15) is 9.90 Å². The molecule has 2 amide bonds. The van der Waals surface area contributed by atoms with Gasteiger partial charge in [0.25, 0.3) is 0 Å². The van der Waals surface area contributed by atoms with Crippen LogP contribution in [0.2, 0.25) is 10.0 Å². The van der Waals surface area contributed by atoms with E-state index < -0.39 is 11.6 Å². The number of ether oxygens (including phenoxy) is 1. The Hall–Kier alpha value is -1.95. The number of benzene rings is 2. The number of aliphatic hydroxyl groups is 1. The summed E-state index contributed by atoms with van der Waals surface area (Å²) in [5.74, 6) is 0.637. The lowest BCUT2D eigenvalue weighted by Gasteiger charge is -2.34. The van der Waals surface area contributed by atoms with Crippen LogP contribution < -0.4 is 15.4 Å². The van der Waals surface area contributed by atoms with Crippen LogP contribution in [0.4, 0.5) is 10.5 Å². The van der Waals surface area contributed by atoms with Crippen LogP contribution >= 0.6 is 23.2 Å². The fourth-order valence-corrected chi connectivity index (χ4v) is 2.90. The van der Waals surface area contributed by atoms with Gasteiger partial charge in [0, 0.05) is 17.7 Å². The minimum absolute atomic E-state index is 0.0700. The Kier molecular flexibility index (Phi) is 4.85. The quantitative estimate of drug-likeness (QED) is 0.773. The van der Waals surface area contributed by atoms with Crippen molar-refractivity contribution in [1.29, 1.82) is 0 Å². The summed E-state index contributed by atoms with van der Waals surface area (Å²) < 4.78 is 5.53. The highest BCUT2D eigenvalue weighted by atomic mass is 35.5. The zero-order valence-electron chi connectivity index (χ0n) is 12.7. The number of carbonyl (C=O) groups excluding carboxylic acids is 1. The molecule has 3 rings (SSSR count). The average Bonchev–Trinajstić information content (AvgIpc) is 2.57. The highest BCUT2D eigenvalue weighted by Gasteiger charge is 2.35. The molecule has 1 aliphatic heterocycles. The van der Waals surface area contributed by atoms with Gasteiger partial charge >= 0.3 is 6.03 Å². The van der Waals surface area contributed by atoms with E-state index in [-0.39, 0.29) is 6.54 Å². The first kappa shape index (κ1) is 16.9. The monoisotopic (exact) mass is 366 g/mol. The zero-order chi connectivity index (χ0) is 17.2. The third-order valence-corrected chi connectivity index (χ3v) is 4.62. The maximum absolute atomic E-state index is 12.1. The van der Waals surface area contributed by atoms with Crippen LogP contribution in [0.5, 0.6) is 5.75 Å². The van der Waals surface area contributed by atoms with E-state index in [2.05, 4.69) is 10.6 Å². The number of para-hydroxylation sites is 1. The molecule has 1 unspecified atom stereocenters. The van der Waals surface area contributed by atoms with E-state index in [1.807, 2.05) is 12.1 Å². The molecule has 0 aliphatic carbocycles. The Balaban J connectivity index is 1.65. The van der Waals surface area contributed by atoms with Crippen LogP contribution in [0.1, 0.15) is 12.0 Å². The molecule has 24 heavy (non-hydrogen) atoms. The van der Waals surface area contributed by atoms with Gasteiger partial charge < -0.3 is 20.5 Å². The Morgan fingerprint density at radius 2 is 2.00 bits per heavy atom. The maximum atomic E-state index is 12.1. The molecule has 1 heterocycles. The molecule has 3 N–H and O–H groups in total. The SMILES string of the molecule is O=C(NCC1(O)CCOc2ccccc21)Nc1ccc(Cl)c(Cl)c1. The Morgan fingerprint density at radius 3 is 2.79 bits per heavy atom. The lowest BCUT2D eigenvalue weighted by Crippen LogP contribution is -2.45. The van der Waals surface area contributed by atoms with E-state index >= 15 is 0 Å². The van der Waals surface area contributed by atoms with Gasteiger partial charge in [-0.25, -0.2) is 4.79 Å². The standard InChI is InChI=1S/C17H16Cl2N2O3/c18-13-6-5-11(9-14(13)19)21-16(22)20-10-17(23)7-8-24-15-4-2-1-3-12(15)17/h1-6,9,23H,7-8,10H2,(H2,20,21,22). The third kappa shape index (κ3) is 3.59. The summed E-state index contributed by atoms with van der Waals surface area (Å²) in [5, 5.41) is 17.0. The van der Waals surface area contributed by atoms with Crippen molar-refractivity contribution >= 4 is 34.9 Å². The second-order valence-corrected chi connectivity index (χ2v) is 6.38. The van der Waals surface area contributed by atoms with E-state index in [1.165, 1.54) is 0 Å². The highest BCUT2D eigenvalue weighted by molar-refractivity contribution is 6.42. The minimum Gasteiger partial charge on any atom is -0.493 e. The molecular weight excluding hydrogens is 351 g/mol. The Morgan fingerprint density at radius 1 is 1.21 bits per heavy atom. The maximum Gasteiger partial charge on any atom is 0.319 e. The molecule has 7 heteroatoms. The van der Waals surface area contributed by atoms with Crippen LogP contribution in [0, 0.1) is 0 Å². The number of nitrogens with one attached hydrogen (secondary N) is 2. The summed E-state index contributed by atoms with van der Waals surface area (Å²) in [6.07, 6.45) is 0.400. The molecule has 0 bridgehead atoms. The molecule has 126 valence electrons. The van der Waals surface area contributed by atoms with Crippen molar-refractivity contribution in [3.8, 4) is 5.75 Å². The smallest absolute Gasteiger partial charge is 0.319 e. The topological polar surface area (TPSA) is 70.6 Å². The van der Waals surface area contributed by atoms with E-state index in [4.69, 9.17) is 27.9 Å². The summed E-state index contributed by atoms with van der Waals surface area (Å²) >= 11 is 11.8. The molecule has 0 aromatic heterocycles. The molecule has 0 radical (unpaired) electrons. The van der Waals surface area contributed by atoms with Crippen molar-refractivity contribution in [1.82, 2.24) is 5.32 Å². The molecule has 0 saturated carbocycles. The van der Waals surface area contributed by atoms with Gasteiger partial charge in [0.1, 0.15) is 11.4 Å². The summed E-state index contributed by atoms with van der Waals surface area (Å²) in [4.78, 5) is 12.1. The van der Waals surface area contributed by atoms with Crippen molar-refractivity contribution in [3.63, 3.8) is 0 Å². The molecule has 1 atom stereocenters. The molecule has 0 spiro atoms. The van der Waals surface area contributed by atoms with Gasteiger partial charge in [0.05, 0.1) is 23.2 Å². The van der Waals surface area contributed by atoms with Crippen LogP contribution in [0.3, 0.4) is 0 Å². The number of carbonyl (C=O) groups is 1. The average molecular weight is 367 g/mol. The van der Waals surface area contributed by atoms with Gasteiger partial charge in [0.2, 0.25) is 0 Å². The predicted octanol–water partition coefficient (Wildman–Crippen LogP) is 3.79. The minimum atomic E-state index is -1.16. The van der Waals surface area contributed by atoms with Gasteiger partial charge in [-0.3, -0.25) is 0 Å². The lowest BCUT2D eigenvalue weighted by atomic mass is 9.88. The summed E-state index contributed by atoms with van der Waals surface area (Å²) in [6.45, 7) is 0.462. The number of anilines is 1. The number of urea groups is 1. The van der Waals surface area contributed by atoms with Gasteiger partial charge in [-0.1, -0.05) is 41.4 Å². The first-order chi connectivity index (χ1) is 11.5. The van der Waals surface area contributed by atoms with Crippen molar-refractivity contribution in [2.45, 2.75) is 12.0 Å². The number of hydrogen-bond acceptors (Lipinski definition) is 3. The first-order valence-corrected chi connectivity index (χ1v) is 8.18. The molecule has 2 aromatic carbocycles. The number of hydrogen-bond donors (Lipinski definition) is 3. The number of rotatable bonds is 3. The van der Waals surface area contributed by atoms with Crippen LogP contribution in [0.15, 0.2) is 42.5 Å². The summed E-state index contributed by atoms with van der Waals surface area (Å²) in [5.41, 5.74) is 0.0245. The molecular formula is C17H16Cl2N2O3. The summed E-state index contributed by atoms with van der Waals surface area (Å²) in [6, 6.07) is 11.6. The molecule has 0 fully saturated rings. The van der Waals surface area contributed by atoms with E-state index in [0.29, 0.717) is 40.1 Å². The van der Waals surface area contributed by atoms with Gasteiger partial charge in [-0.2, -0.15) is 0 Å². The normalized spacial score (nSPS) is 19.1. The van der Waals surface area contributed by atoms with E-state index in [0.717, 1.165) is 0 Å². The Bertz CT molecular complexity index is 769. The van der Waals surface area contributed by atoms with Gasteiger partial charge in [-0.15, -0.1) is 0 Å².